The van der Waals surface area contributed by atoms with Crippen LogP contribution >= 0.6 is 0 Å². The van der Waals surface area contributed by atoms with Gasteiger partial charge in [0.1, 0.15) is 11.9 Å². The molecule has 2 nitrogen and oxygen atoms in total. The van der Waals surface area contributed by atoms with Gasteiger partial charge in [-0.25, -0.2) is 4.39 Å². The number of nitrogens with one attached hydrogen (secondary N) is 1. The van der Waals surface area contributed by atoms with Crippen molar-refractivity contribution in [2.24, 2.45) is 0 Å². The number of ether oxygens (including phenoxy) is 1. The fourth-order valence-electron chi connectivity index (χ4n) is 2.17. The van der Waals surface area contributed by atoms with Crippen LogP contribution in [0.25, 0.3) is 0 Å². The monoisotopic (exact) mass is 223 g/mol. The quantitative estimate of drug-likeness (QED) is 0.847. The zero-order valence-corrected chi connectivity index (χ0v) is 9.58. The Morgan fingerprint density at radius 2 is 2.31 bits per heavy atom. The van der Waals surface area contributed by atoms with E-state index in [0.717, 1.165) is 19.4 Å². The van der Waals surface area contributed by atoms with E-state index < -0.39 is 6.17 Å². The van der Waals surface area contributed by atoms with Crippen LogP contribution in [-0.2, 0) is 0 Å². The van der Waals surface area contributed by atoms with Crippen molar-refractivity contribution in [3.05, 3.63) is 29.8 Å². The number of para-hydroxylation sites is 1. The Morgan fingerprint density at radius 3 is 3.00 bits per heavy atom. The normalized spacial score (nSPS) is 22.0. The smallest absolute Gasteiger partial charge is 0.144 e. The predicted octanol–water partition coefficient (Wildman–Crippen LogP) is 2.85. The second-order valence-electron chi connectivity index (χ2n) is 4.08. The Morgan fingerprint density at radius 1 is 1.50 bits per heavy atom. The number of halogens is 1. The summed E-state index contributed by atoms with van der Waals surface area (Å²) in [6.07, 6.45) is 0.994. The van der Waals surface area contributed by atoms with Crippen LogP contribution in [0.15, 0.2) is 24.3 Å². The summed E-state index contributed by atoms with van der Waals surface area (Å²) >= 11 is 0. The molecule has 2 unspecified atom stereocenters. The van der Waals surface area contributed by atoms with Crippen LogP contribution in [0.5, 0.6) is 5.75 Å². The number of rotatable bonds is 4. The molecule has 0 aliphatic carbocycles. The first-order chi connectivity index (χ1) is 7.83. The highest BCUT2D eigenvalue weighted by Gasteiger charge is 2.27. The van der Waals surface area contributed by atoms with Gasteiger partial charge in [-0.15, -0.1) is 0 Å². The van der Waals surface area contributed by atoms with E-state index in [9.17, 15) is 4.39 Å². The molecule has 0 bridgehead atoms. The minimum absolute atomic E-state index is 0.0541. The van der Waals surface area contributed by atoms with Crippen molar-refractivity contribution in [2.45, 2.75) is 32.0 Å². The minimum Gasteiger partial charge on any atom is -0.493 e. The molecular formula is C13H18FNO. The first-order valence-electron chi connectivity index (χ1n) is 5.92. The molecule has 1 N–H and O–H groups in total. The molecule has 1 saturated heterocycles. The van der Waals surface area contributed by atoms with Gasteiger partial charge in [-0.2, -0.15) is 0 Å². The van der Waals surface area contributed by atoms with Gasteiger partial charge in [0, 0.05) is 11.6 Å². The molecule has 16 heavy (non-hydrogen) atoms. The zero-order chi connectivity index (χ0) is 11.4. The van der Waals surface area contributed by atoms with Gasteiger partial charge in [-0.3, -0.25) is 0 Å². The van der Waals surface area contributed by atoms with Crippen LogP contribution in [-0.4, -0.2) is 19.2 Å². The van der Waals surface area contributed by atoms with E-state index in [4.69, 9.17) is 4.74 Å². The van der Waals surface area contributed by atoms with E-state index in [2.05, 4.69) is 5.32 Å². The second kappa shape index (κ2) is 5.30. The van der Waals surface area contributed by atoms with Crippen LogP contribution < -0.4 is 10.1 Å². The van der Waals surface area contributed by atoms with Crippen LogP contribution in [0.2, 0.25) is 0 Å². The average Bonchev–Trinajstić information content (AvgIpc) is 2.83. The van der Waals surface area contributed by atoms with E-state index in [0.29, 0.717) is 17.9 Å². The van der Waals surface area contributed by atoms with Crippen LogP contribution in [0, 0.1) is 0 Å². The lowest BCUT2D eigenvalue weighted by Gasteiger charge is -2.19. The topological polar surface area (TPSA) is 21.3 Å². The number of hydrogen-bond donors (Lipinski definition) is 1. The highest BCUT2D eigenvalue weighted by Crippen LogP contribution is 2.32. The molecule has 1 aromatic rings. The Balaban J connectivity index is 2.17. The van der Waals surface area contributed by atoms with Crippen molar-refractivity contribution in [3.8, 4) is 5.75 Å². The molecule has 2 rings (SSSR count). The summed E-state index contributed by atoms with van der Waals surface area (Å²) in [5.41, 5.74) is 0.670. The maximum absolute atomic E-state index is 14.3. The Labute approximate surface area is 95.8 Å². The lowest BCUT2D eigenvalue weighted by atomic mass is 10.0. The largest absolute Gasteiger partial charge is 0.493 e. The number of hydrogen-bond acceptors (Lipinski definition) is 2. The van der Waals surface area contributed by atoms with Crippen molar-refractivity contribution < 1.29 is 9.13 Å². The van der Waals surface area contributed by atoms with Gasteiger partial charge in [-0.05, 0) is 32.4 Å². The fourth-order valence-corrected chi connectivity index (χ4v) is 2.17. The zero-order valence-electron chi connectivity index (χ0n) is 9.58. The van der Waals surface area contributed by atoms with Crippen LogP contribution in [0.4, 0.5) is 4.39 Å². The third-order valence-corrected chi connectivity index (χ3v) is 2.97. The first-order valence-corrected chi connectivity index (χ1v) is 5.92. The van der Waals surface area contributed by atoms with E-state index in [1.165, 1.54) is 0 Å². The van der Waals surface area contributed by atoms with E-state index in [-0.39, 0.29) is 6.04 Å². The van der Waals surface area contributed by atoms with Crippen molar-refractivity contribution >= 4 is 0 Å². The third kappa shape index (κ3) is 2.35. The molecular weight excluding hydrogens is 205 g/mol. The van der Waals surface area contributed by atoms with E-state index >= 15 is 0 Å². The molecule has 1 aliphatic heterocycles. The summed E-state index contributed by atoms with van der Waals surface area (Å²) in [6.45, 7) is 3.40. The van der Waals surface area contributed by atoms with Gasteiger partial charge >= 0.3 is 0 Å². The summed E-state index contributed by atoms with van der Waals surface area (Å²) in [4.78, 5) is 0. The lowest BCUT2D eigenvalue weighted by Crippen LogP contribution is -2.26. The molecule has 0 amide bonds. The molecule has 1 heterocycles. The second-order valence-corrected chi connectivity index (χ2v) is 4.08. The SMILES string of the molecule is CCOc1ccccc1C(F)C1CCCN1. The van der Waals surface area contributed by atoms with Crippen molar-refractivity contribution in [1.29, 1.82) is 0 Å². The molecule has 1 aliphatic rings. The molecule has 1 aromatic carbocycles. The lowest BCUT2D eigenvalue weighted by molar-refractivity contribution is 0.255. The first kappa shape index (κ1) is 11.4. The van der Waals surface area contributed by atoms with Gasteiger partial charge < -0.3 is 10.1 Å². The maximum Gasteiger partial charge on any atom is 0.144 e. The van der Waals surface area contributed by atoms with E-state index in [1.807, 2.05) is 31.2 Å². The van der Waals surface area contributed by atoms with E-state index in [1.54, 1.807) is 0 Å². The Kier molecular flexibility index (Phi) is 3.78. The van der Waals surface area contributed by atoms with Crippen molar-refractivity contribution in [2.75, 3.05) is 13.2 Å². The Hall–Kier alpha value is -1.09. The van der Waals surface area contributed by atoms with Gasteiger partial charge in [0.25, 0.3) is 0 Å². The summed E-state index contributed by atoms with van der Waals surface area (Å²) in [5, 5.41) is 3.19. The molecule has 0 aromatic heterocycles. The molecule has 3 heteroatoms. The summed E-state index contributed by atoms with van der Waals surface area (Å²) in [5.74, 6) is 0.672. The van der Waals surface area contributed by atoms with Crippen LogP contribution in [0.3, 0.4) is 0 Å². The molecule has 2 atom stereocenters. The molecule has 1 fully saturated rings. The van der Waals surface area contributed by atoms with Gasteiger partial charge in [0.15, 0.2) is 0 Å². The highest BCUT2D eigenvalue weighted by atomic mass is 19.1. The summed E-state index contributed by atoms with van der Waals surface area (Å²) < 4.78 is 19.7. The predicted molar refractivity (Wildman–Crippen MR) is 62.5 cm³/mol. The maximum atomic E-state index is 14.3. The Bertz CT molecular complexity index is 336. The summed E-state index contributed by atoms with van der Waals surface area (Å²) in [7, 11) is 0. The molecule has 0 saturated carbocycles. The molecule has 0 spiro atoms. The highest BCUT2D eigenvalue weighted by molar-refractivity contribution is 5.36. The fraction of sp³-hybridized carbons (Fsp3) is 0.538. The average molecular weight is 223 g/mol. The van der Waals surface area contributed by atoms with Gasteiger partial charge in [0.05, 0.1) is 6.61 Å². The van der Waals surface area contributed by atoms with Gasteiger partial charge in [-0.1, -0.05) is 18.2 Å². The number of alkyl halides is 1. The minimum atomic E-state index is -0.967. The molecule has 0 radical (unpaired) electrons. The van der Waals surface area contributed by atoms with Crippen molar-refractivity contribution in [3.63, 3.8) is 0 Å². The standard InChI is InChI=1S/C13H18FNO/c1-2-16-12-8-4-3-6-10(12)13(14)11-7-5-9-15-11/h3-4,6,8,11,13,15H,2,5,7,9H2,1H3. The van der Waals surface area contributed by atoms with Crippen molar-refractivity contribution in [1.82, 2.24) is 5.32 Å². The summed E-state index contributed by atoms with van der Waals surface area (Å²) in [6, 6.07) is 7.33. The van der Waals surface area contributed by atoms with Crippen LogP contribution in [0.1, 0.15) is 31.5 Å². The number of benzene rings is 1. The third-order valence-electron chi connectivity index (χ3n) is 2.97. The molecule has 88 valence electrons. The van der Waals surface area contributed by atoms with Gasteiger partial charge in [0.2, 0.25) is 0 Å².